The number of nitrogens with one attached hydrogen (secondary N) is 1. The maximum absolute atomic E-state index is 4.68. The van der Waals surface area contributed by atoms with Crippen molar-refractivity contribution < 1.29 is 0 Å². The molecule has 0 radical (unpaired) electrons. The first-order valence-corrected chi connectivity index (χ1v) is 10.4. The summed E-state index contributed by atoms with van der Waals surface area (Å²) in [4.78, 5) is 4.68. The number of hydrogen-bond acceptors (Lipinski definition) is 4. The molecular weight excluding hydrogens is 364 g/mol. The second kappa shape index (κ2) is 7.60. The number of para-hydroxylation sites is 1. The second-order valence-corrected chi connectivity index (χ2v) is 7.83. The number of hydrazone groups is 1. The third-order valence-corrected chi connectivity index (χ3v) is 6.00. The molecule has 0 unspecified atom stereocenters. The number of aryl methyl sites for hydroxylation is 3. The van der Waals surface area contributed by atoms with Crippen molar-refractivity contribution >= 4 is 33.6 Å². The average Bonchev–Trinajstić information content (AvgIpc) is 3.27. The van der Waals surface area contributed by atoms with Gasteiger partial charge in [-0.1, -0.05) is 30.3 Å². The maximum Gasteiger partial charge on any atom is 0.203 e. The minimum atomic E-state index is 0.793. The summed E-state index contributed by atoms with van der Waals surface area (Å²) in [7, 11) is 0. The Labute approximate surface area is 169 Å². The lowest BCUT2D eigenvalue weighted by molar-refractivity contribution is 0.769. The molecule has 142 valence electrons. The summed E-state index contributed by atoms with van der Waals surface area (Å²) in [6, 6.07) is 14.9. The highest BCUT2D eigenvalue weighted by Gasteiger charge is 2.11. The molecule has 2 aromatic carbocycles. The van der Waals surface area contributed by atoms with E-state index in [2.05, 4.69) is 95.6 Å². The van der Waals surface area contributed by atoms with E-state index in [4.69, 9.17) is 0 Å². The topological polar surface area (TPSA) is 42.2 Å². The monoisotopic (exact) mass is 388 g/mol. The summed E-state index contributed by atoms with van der Waals surface area (Å²) in [6.45, 7) is 9.51. The minimum Gasteiger partial charge on any atom is -0.344 e. The van der Waals surface area contributed by atoms with Gasteiger partial charge in [-0.25, -0.2) is 4.98 Å². The van der Waals surface area contributed by atoms with Gasteiger partial charge in [-0.2, -0.15) is 5.10 Å². The van der Waals surface area contributed by atoms with Crippen molar-refractivity contribution in [2.24, 2.45) is 5.10 Å². The molecule has 1 N–H and O–H groups in total. The molecule has 2 heterocycles. The first-order chi connectivity index (χ1) is 13.6. The van der Waals surface area contributed by atoms with Crippen LogP contribution in [0.4, 0.5) is 5.13 Å². The van der Waals surface area contributed by atoms with Gasteiger partial charge in [0.25, 0.3) is 0 Å². The number of anilines is 1. The summed E-state index contributed by atoms with van der Waals surface area (Å²) in [5.74, 6) is 0. The van der Waals surface area contributed by atoms with Crippen LogP contribution in [0.15, 0.2) is 52.9 Å². The SMILES string of the molecule is CCn1c(C)c(/C=N\Nc2nc(-c3ccc(C)c(C)c3)cs2)c2ccccc21. The van der Waals surface area contributed by atoms with Crippen molar-refractivity contribution in [3.05, 3.63) is 70.2 Å². The Balaban J connectivity index is 1.57. The first kappa shape index (κ1) is 18.4. The van der Waals surface area contributed by atoms with Gasteiger partial charge < -0.3 is 4.57 Å². The van der Waals surface area contributed by atoms with Gasteiger partial charge in [0.05, 0.1) is 11.9 Å². The smallest absolute Gasteiger partial charge is 0.203 e. The van der Waals surface area contributed by atoms with Crippen LogP contribution in [0, 0.1) is 20.8 Å². The van der Waals surface area contributed by atoms with Gasteiger partial charge in [0.15, 0.2) is 0 Å². The van der Waals surface area contributed by atoms with Crippen LogP contribution < -0.4 is 5.43 Å². The van der Waals surface area contributed by atoms with Crippen molar-refractivity contribution in [3.63, 3.8) is 0 Å². The van der Waals surface area contributed by atoms with E-state index < -0.39 is 0 Å². The van der Waals surface area contributed by atoms with E-state index in [1.807, 2.05) is 6.21 Å². The van der Waals surface area contributed by atoms with Crippen molar-refractivity contribution in [1.29, 1.82) is 0 Å². The molecule has 4 aromatic rings. The van der Waals surface area contributed by atoms with Crippen LogP contribution in [0.1, 0.15) is 29.3 Å². The molecule has 0 bridgehead atoms. The molecule has 0 aliphatic carbocycles. The lowest BCUT2D eigenvalue weighted by Crippen LogP contribution is -1.97. The Hall–Kier alpha value is -2.92. The molecule has 4 nitrogen and oxygen atoms in total. The molecule has 28 heavy (non-hydrogen) atoms. The first-order valence-electron chi connectivity index (χ1n) is 9.48. The van der Waals surface area contributed by atoms with Crippen LogP contribution >= 0.6 is 11.3 Å². The zero-order valence-electron chi connectivity index (χ0n) is 16.7. The van der Waals surface area contributed by atoms with E-state index in [-0.39, 0.29) is 0 Å². The molecule has 4 rings (SSSR count). The fourth-order valence-electron chi connectivity index (χ4n) is 3.54. The van der Waals surface area contributed by atoms with Gasteiger partial charge >= 0.3 is 0 Å². The third kappa shape index (κ3) is 3.34. The van der Waals surface area contributed by atoms with Crippen molar-refractivity contribution in [1.82, 2.24) is 9.55 Å². The van der Waals surface area contributed by atoms with Gasteiger partial charge in [-0.05, 0) is 51.0 Å². The predicted octanol–water partition coefficient (Wildman–Crippen LogP) is 6.16. The number of nitrogens with zero attached hydrogens (tertiary/aromatic N) is 3. The largest absolute Gasteiger partial charge is 0.344 e. The van der Waals surface area contributed by atoms with Gasteiger partial charge in [-0.3, -0.25) is 5.43 Å². The van der Waals surface area contributed by atoms with Crippen LogP contribution in [0.3, 0.4) is 0 Å². The second-order valence-electron chi connectivity index (χ2n) is 6.97. The van der Waals surface area contributed by atoms with Gasteiger partial charge in [0.2, 0.25) is 5.13 Å². The van der Waals surface area contributed by atoms with E-state index in [1.165, 1.54) is 27.7 Å². The maximum atomic E-state index is 4.68. The molecular formula is C23H24N4S. The lowest BCUT2D eigenvalue weighted by atomic mass is 10.1. The fourth-order valence-corrected chi connectivity index (χ4v) is 4.21. The molecule has 0 atom stereocenters. The van der Waals surface area contributed by atoms with Gasteiger partial charge in [-0.15, -0.1) is 11.3 Å². The Kier molecular flexibility index (Phi) is 5.01. The Bertz CT molecular complexity index is 1170. The number of fused-ring (bicyclic) bond motifs is 1. The van der Waals surface area contributed by atoms with E-state index in [0.29, 0.717) is 0 Å². The zero-order chi connectivity index (χ0) is 19.7. The van der Waals surface area contributed by atoms with Crippen molar-refractivity contribution in [3.8, 4) is 11.3 Å². The number of thiazole rings is 1. The number of benzene rings is 2. The zero-order valence-corrected chi connectivity index (χ0v) is 17.5. The average molecular weight is 389 g/mol. The van der Waals surface area contributed by atoms with Gasteiger partial charge in [0, 0.05) is 39.6 Å². The molecule has 0 saturated carbocycles. The van der Waals surface area contributed by atoms with Crippen LogP contribution in [-0.2, 0) is 6.54 Å². The molecule has 0 aliphatic rings. The van der Waals surface area contributed by atoms with Crippen LogP contribution in [0.25, 0.3) is 22.2 Å². The molecule has 5 heteroatoms. The van der Waals surface area contributed by atoms with Gasteiger partial charge in [0.1, 0.15) is 0 Å². The van der Waals surface area contributed by atoms with Crippen LogP contribution in [-0.4, -0.2) is 15.8 Å². The Morgan fingerprint density at radius 3 is 2.71 bits per heavy atom. The summed E-state index contributed by atoms with van der Waals surface area (Å²) in [5.41, 5.74) is 11.4. The van der Waals surface area contributed by atoms with E-state index in [9.17, 15) is 0 Å². The standard InChI is InChI=1S/C23H24N4S/c1-5-27-17(4)20(19-8-6-7-9-22(19)27)13-24-26-23-25-21(14-28-23)18-11-10-15(2)16(3)12-18/h6-14H,5H2,1-4H3,(H,25,26)/b24-13-. The number of hydrogen-bond donors (Lipinski definition) is 1. The molecule has 0 aliphatic heterocycles. The molecule has 0 fully saturated rings. The highest BCUT2D eigenvalue weighted by Crippen LogP contribution is 2.27. The highest BCUT2D eigenvalue weighted by atomic mass is 32.1. The minimum absolute atomic E-state index is 0.793. The van der Waals surface area contributed by atoms with Crippen molar-refractivity contribution in [2.75, 3.05) is 5.43 Å². The lowest BCUT2D eigenvalue weighted by Gasteiger charge is -2.03. The predicted molar refractivity (Wildman–Crippen MR) is 121 cm³/mol. The third-order valence-electron chi connectivity index (χ3n) is 5.26. The number of aromatic nitrogens is 2. The summed E-state index contributed by atoms with van der Waals surface area (Å²) < 4.78 is 2.32. The summed E-state index contributed by atoms with van der Waals surface area (Å²) >= 11 is 1.57. The van der Waals surface area contributed by atoms with E-state index >= 15 is 0 Å². The Morgan fingerprint density at radius 1 is 1.11 bits per heavy atom. The quantitative estimate of drug-likeness (QED) is 0.329. The fraction of sp³-hybridized carbons (Fsp3) is 0.217. The number of rotatable bonds is 5. The van der Waals surface area contributed by atoms with Crippen molar-refractivity contribution in [2.45, 2.75) is 34.2 Å². The molecule has 2 aromatic heterocycles. The normalized spacial score (nSPS) is 11.6. The summed E-state index contributed by atoms with van der Waals surface area (Å²) in [5, 5.41) is 8.55. The van der Waals surface area contributed by atoms with Crippen LogP contribution in [0.5, 0.6) is 0 Å². The molecule has 0 spiro atoms. The van der Waals surface area contributed by atoms with E-state index in [1.54, 1.807) is 11.3 Å². The Morgan fingerprint density at radius 2 is 1.93 bits per heavy atom. The van der Waals surface area contributed by atoms with Crippen LogP contribution in [0.2, 0.25) is 0 Å². The molecule has 0 amide bonds. The summed E-state index contributed by atoms with van der Waals surface area (Å²) in [6.07, 6.45) is 1.90. The van der Waals surface area contributed by atoms with E-state index in [0.717, 1.165) is 28.5 Å². The highest BCUT2D eigenvalue weighted by molar-refractivity contribution is 7.14. The molecule has 0 saturated heterocycles.